The van der Waals surface area contributed by atoms with Gasteiger partial charge in [-0.15, -0.1) is 0 Å². The Hall–Kier alpha value is -1.41. The third kappa shape index (κ3) is 4.58. The van der Waals surface area contributed by atoms with Crippen molar-refractivity contribution >= 4 is 22.8 Å². The number of quaternary nitrogens is 3. The summed E-state index contributed by atoms with van der Waals surface area (Å²) < 4.78 is 0. The smallest absolute Gasteiger partial charge is 0.257 e. The van der Waals surface area contributed by atoms with Gasteiger partial charge >= 0.3 is 0 Å². The molecule has 1 spiro atoms. The van der Waals surface area contributed by atoms with E-state index in [1.165, 1.54) is 15.6 Å². The summed E-state index contributed by atoms with van der Waals surface area (Å²) in [6.45, 7) is 9.66. The van der Waals surface area contributed by atoms with Crippen molar-refractivity contribution < 1.29 is 20.3 Å². The Morgan fingerprint density at radius 3 is 2.57 bits per heavy atom. The molecule has 0 saturated carbocycles. The maximum absolute atomic E-state index is 14.5. The normalized spacial score (nSPS) is 35.1. The molecule has 7 heteroatoms. The quantitative estimate of drug-likeness (QED) is 0.530. The predicted octanol–water partition coefficient (Wildman–Crippen LogP) is -0.0615. The number of aliphatic imine (C=N–C) groups is 1. The van der Waals surface area contributed by atoms with Gasteiger partial charge in [0.2, 0.25) is 5.91 Å². The van der Waals surface area contributed by atoms with Crippen LogP contribution in [0.5, 0.6) is 0 Å². The van der Waals surface area contributed by atoms with E-state index in [4.69, 9.17) is 4.99 Å². The number of nitrogens with one attached hydrogen (secondary N) is 1. The number of amides is 1. The Morgan fingerprint density at radius 1 is 1.17 bits per heavy atom. The SMILES string of the molecule is CCC(CC)[C@@H]1C[C@H](c2ccccc2)CCN1C(=O)[C@@H]1C[NH2+]C[C@]12C[NH2+]CC1N=C([NH+](C)C)SC12. The van der Waals surface area contributed by atoms with Crippen LogP contribution in [0.15, 0.2) is 35.3 Å². The van der Waals surface area contributed by atoms with Crippen molar-refractivity contribution in [3.63, 3.8) is 0 Å². The van der Waals surface area contributed by atoms with Crippen LogP contribution >= 0.6 is 11.8 Å². The lowest BCUT2D eigenvalue weighted by Crippen LogP contribution is -3.07. The Kier molecular flexibility index (Phi) is 7.59. The van der Waals surface area contributed by atoms with E-state index < -0.39 is 0 Å². The molecule has 3 saturated heterocycles. The topological polar surface area (TPSA) is 70.3 Å². The minimum absolute atomic E-state index is 0.0418. The average Bonchev–Trinajstić information content (AvgIpc) is 3.51. The van der Waals surface area contributed by atoms with Gasteiger partial charge in [0, 0.05) is 12.6 Å². The first-order chi connectivity index (χ1) is 17.0. The van der Waals surface area contributed by atoms with E-state index in [1.54, 1.807) is 0 Å². The first kappa shape index (κ1) is 25.2. The van der Waals surface area contributed by atoms with Gasteiger partial charge in [-0.1, -0.05) is 57.0 Å². The molecule has 0 bridgehead atoms. The molecule has 2 unspecified atom stereocenters. The zero-order valence-corrected chi connectivity index (χ0v) is 22.9. The second kappa shape index (κ2) is 10.5. The van der Waals surface area contributed by atoms with Crippen LogP contribution in [0, 0.1) is 17.3 Å². The number of hydrogen-bond donors (Lipinski definition) is 3. The van der Waals surface area contributed by atoms with Crippen LogP contribution in [0.4, 0.5) is 0 Å². The van der Waals surface area contributed by atoms with Gasteiger partial charge in [-0.25, -0.2) is 4.99 Å². The molecule has 6 atom stereocenters. The van der Waals surface area contributed by atoms with E-state index in [2.05, 4.69) is 73.8 Å². The highest BCUT2D eigenvalue weighted by Gasteiger charge is 2.64. The van der Waals surface area contributed by atoms with Gasteiger partial charge < -0.3 is 15.5 Å². The molecule has 3 fully saturated rings. The van der Waals surface area contributed by atoms with Gasteiger partial charge in [0.05, 0.1) is 50.9 Å². The number of likely N-dealkylation sites (tertiary alicyclic amines) is 1. The Balaban J connectivity index is 1.40. The summed E-state index contributed by atoms with van der Waals surface area (Å²) in [6.07, 6.45) is 4.48. The molecule has 1 aromatic carbocycles. The van der Waals surface area contributed by atoms with Crippen molar-refractivity contribution in [3.05, 3.63) is 35.9 Å². The molecule has 0 radical (unpaired) electrons. The van der Waals surface area contributed by atoms with Crippen LogP contribution in [0.2, 0.25) is 0 Å². The van der Waals surface area contributed by atoms with Crippen molar-refractivity contribution in [2.75, 3.05) is 46.8 Å². The van der Waals surface area contributed by atoms with Crippen molar-refractivity contribution in [2.45, 2.75) is 62.8 Å². The first-order valence-corrected chi connectivity index (χ1v) is 14.9. The molecule has 0 aliphatic carbocycles. The van der Waals surface area contributed by atoms with Crippen LogP contribution in [-0.2, 0) is 4.79 Å². The van der Waals surface area contributed by atoms with Crippen LogP contribution in [0.1, 0.15) is 51.0 Å². The highest BCUT2D eigenvalue weighted by molar-refractivity contribution is 8.14. The number of piperidine rings is 2. The minimum Gasteiger partial charge on any atom is -0.345 e. The van der Waals surface area contributed by atoms with Gasteiger partial charge in [0.15, 0.2) is 0 Å². The number of carbonyl (C=O) groups excluding carboxylic acids is 1. The molecule has 35 heavy (non-hydrogen) atoms. The molecular formula is C28H46N5OS+3. The summed E-state index contributed by atoms with van der Waals surface area (Å²) in [4.78, 5) is 23.3. The van der Waals surface area contributed by atoms with Crippen LogP contribution in [0.25, 0.3) is 0 Å². The number of fused-ring (bicyclic) bond motifs is 2. The second-order valence-electron chi connectivity index (χ2n) is 11.6. The van der Waals surface area contributed by atoms with E-state index in [0.29, 0.717) is 35.1 Å². The maximum atomic E-state index is 14.5. The maximum Gasteiger partial charge on any atom is 0.257 e. The fraction of sp³-hybridized carbons (Fsp3) is 0.714. The predicted molar refractivity (Wildman–Crippen MR) is 143 cm³/mol. The third-order valence-corrected chi connectivity index (χ3v) is 11.3. The second-order valence-corrected chi connectivity index (χ2v) is 12.7. The molecular weight excluding hydrogens is 454 g/mol. The van der Waals surface area contributed by atoms with E-state index in [9.17, 15) is 4.79 Å². The Labute approximate surface area is 215 Å². The summed E-state index contributed by atoms with van der Waals surface area (Å²) in [5.41, 5.74) is 1.49. The Bertz CT molecular complexity index is 919. The molecule has 4 aliphatic rings. The van der Waals surface area contributed by atoms with Crippen molar-refractivity contribution in [3.8, 4) is 0 Å². The number of thioether (sulfide) groups is 1. The summed E-state index contributed by atoms with van der Waals surface area (Å²) >= 11 is 1.98. The molecule has 0 aromatic heterocycles. The molecule has 6 nitrogen and oxygen atoms in total. The lowest BCUT2D eigenvalue weighted by molar-refractivity contribution is -0.753. The Morgan fingerprint density at radius 2 is 1.89 bits per heavy atom. The zero-order chi connectivity index (χ0) is 24.6. The van der Waals surface area contributed by atoms with Gasteiger partial charge in [-0.3, -0.25) is 9.69 Å². The van der Waals surface area contributed by atoms with E-state index in [1.807, 2.05) is 11.8 Å². The van der Waals surface area contributed by atoms with E-state index in [0.717, 1.165) is 58.4 Å². The van der Waals surface area contributed by atoms with Crippen molar-refractivity contribution in [2.24, 2.45) is 22.2 Å². The zero-order valence-electron chi connectivity index (χ0n) is 22.1. The standard InChI is InChI=1S/C28H43N5OS/c1-5-19(6-2)24-14-21(20-10-8-7-9-11-20)12-13-33(24)26(34)22-15-29-17-28(22)18-30-16-23-25(28)35-27(31-23)32(3)4/h7-11,19,21-25,29-30H,5-6,12-18H2,1-4H3/p+3/t21-,22+,23?,24+,25?,28+/m1/s1. The fourth-order valence-electron chi connectivity index (χ4n) is 7.57. The molecule has 4 aliphatic heterocycles. The van der Waals surface area contributed by atoms with Gasteiger partial charge in [-0.05, 0) is 42.0 Å². The average molecular weight is 501 g/mol. The fourth-order valence-corrected chi connectivity index (χ4v) is 9.16. The number of carbonyl (C=O) groups is 1. The monoisotopic (exact) mass is 500 g/mol. The molecule has 1 aromatic rings. The van der Waals surface area contributed by atoms with E-state index in [-0.39, 0.29) is 11.3 Å². The summed E-state index contributed by atoms with van der Waals surface area (Å²) in [5.74, 6) is 1.69. The van der Waals surface area contributed by atoms with E-state index >= 15 is 0 Å². The summed E-state index contributed by atoms with van der Waals surface area (Å²) in [7, 11) is 4.36. The van der Waals surface area contributed by atoms with Gasteiger partial charge in [-0.2, -0.15) is 0 Å². The lowest BCUT2D eigenvalue weighted by atomic mass is 9.69. The van der Waals surface area contributed by atoms with Crippen LogP contribution in [0.3, 0.4) is 0 Å². The highest BCUT2D eigenvalue weighted by Crippen LogP contribution is 2.46. The van der Waals surface area contributed by atoms with Crippen LogP contribution < -0.4 is 15.5 Å². The summed E-state index contributed by atoms with van der Waals surface area (Å²) in [5, 5.41) is 6.56. The number of nitrogens with two attached hydrogens (primary N) is 2. The molecule has 5 rings (SSSR count). The number of rotatable bonds is 5. The molecule has 5 N–H and O–H groups in total. The van der Waals surface area contributed by atoms with Gasteiger partial charge in [0.25, 0.3) is 5.17 Å². The number of nitrogens with zero attached hydrogens (tertiary/aromatic N) is 2. The minimum atomic E-state index is 0.0418. The number of benzene rings is 1. The molecule has 1 amide bonds. The lowest BCUT2D eigenvalue weighted by Gasteiger charge is -2.47. The summed E-state index contributed by atoms with van der Waals surface area (Å²) in [6, 6.07) is 11.7. The number of amidine groups is 1. The number of hydrogen-bond acceptors (Lipinski definition) is 3. The third-order valence-electron chi connectivity index (χ3n) is 9.51. The van der Waals surface area contributed by atoms with Crippen molar-refractivity contribution in [1.82, 2.24) is 4.90 Å². The van der Waals surface area contributed by atoms with Crippen LogP contribution in [-0.4, -0.2) is 80.1 Å². The highest BCUT2D eigenvalue weighted by atomic mass is 32.2. The largest absolute Gasteiger partial charge is 0.345 e. The van der Waals surface area contributed by atoms with Crippen molar-refractivity contribution in [1.29, 1.82) is 0 Å². The molecule has 192 valence electrons. The molecule has 4 heterocycles. The van der Waals surface area contributed by atoms with Gasteiger partial charge in [0.1, 0.15) is 12.0 Å². The first-order valence-electron chi connectivity index (χ1n) is 14.0.